The van der Waals surface area contributed by atoms with Crippen LogP contribution >= 0.6 is 0 Å². The van der Waals surface area contributed by atoms with Crippen molar-refractivity contribution in [2.24, 2.45) is 0 Å². The van der Waals surface area contributed by atoms with Crippen LogP contribution in [0.15, 0.2) is 36.9 Å². The van der Waals surface area contributed by atoms with Gasteiger partial charge in [0.05, 0.1) is 29.4 Å². The molecule has 4 rings (SSSR count). The molecular formula is C18H21N5O3S. The Bertz CT molecular complexity index is 933. The molecule has 0 saturated carbocycles. The summed E-state index contributed by atoms with van der Waals surface area (Å²) >= 11 is 0. The molecule has 0 aliphatic carbocycles. The van der Waals surface area contributed by atoms with Gasteiger partial charge in [0, 0.05) is 44.3 Å². The highest BCUT2D eigenvalue weighted by Crippen LogP contribution is 2.29. The third-order valence-electron chi connectivity index (χ3n) is 5.16. The van der Waals surface area contributed by atoms with Crippen molar-refractivity contribution in [1.29, 1.82) is 0 Å². The molecule has 9 heteroatoms. The Morgan fingerprint density at radius 2 is 1.96 bits per heavy atom. The Hall–Kier alpha value is -2.39. The highest BCUT2D eigenvalue weighted by molar-refractivity contribution is 7.91. The van der Waals surface area contributed by atoms with Gasteiger partial charge in [-0.05, 0) is 18.6 Å². The molecule has 2 atom stereocenters. The Morgan fingerprint density at radius 3 is 2.67 bits per heavy atom. The summed E-state index contributed by atoms with van der Waals surface area (Å²) in [7, 11) is -3.20. The van der Waals surface area contributed by atoms with Gasteiger partial charge >= 0.3 is 0 Å². The third kappa shape index (κ3) is 3.70. The maximum absolute atomic E-state index is 12.9. The van der Waals surface area contributed by atoms with Crippen molar-refractivity contribution >= 4 is 15.7 Å². The predicted octanol–water partition coefficient (Wildman–Crippen LogP) is 0.304. The number of hydrogen-bond donors (Lipinski definition) is 0. The number of aromatic nitrogens is 3. The van der Waals surface area contributed by atoms with Crippen LogP contribution in [-0.4, -0.2) is 75.8 Å². The third-order valence-corrected chi connectivity index (χ3v) is 6.86. The number of pyridine rings is 1. The SMILES string of the molecule is Cc1cnc(C(=O)N2CCN(Cc3cccnc3)[C@@H]3CS(=O)(=O)C[C@@H]32)cn1. The summed E-state index contributed by atoms with van der Waals surface area (Å²) in [5.74, 6) is -0.191. The van der Waals surface area contributed by atoms with Crippen molar-refractivity contribution in [2.75, 3.05) is 24.6 Å². The second-order valence-electron chi connectivity index (χ2n) is 7.08. The molecule has 1 amide bonds. The van der Waals surface area contributed by atoms with Gasteiger partial charge in [-0.1, -0.05) is 6.07 Å². The molecule has 2 aromatic heterocycles. The van der Waals surface area contributed by atoms with Gasteiger partial charge < -0.3 is 4.90 Å². The monoisotopic (exact) mass is 387 g/mol. The van der Waals surface area contributed by atoms with Crippen molar-refractivity contribution < 1.29 is 13.2 Å². The standard InChI is InChI=1S/C18H21N5O3S/c1-13-7-21-15(9-20-13)18(24)23-6-5-22(10-14-3-2-4-19-8-14)16-11-27(25,26)12-17(16)23/h2-4,7-9,16-17H,5-6,10-12H2,1H3/t16-,17+/m1/s1. The van der Waals surface area contributed by atoms with Crippen LogP contribution in [0, 0.1) is 6.92 Å². The van der Waals surface area contributed by atoms with Crippen molar-refractivity contribution in [3.05, 3.63) is 53.9 Å². The van der Waals surface area contributed by atoms with Crippen molar-refractivity contribution in [3.63, 3.8) is 0 Å². The van der Waals surface area contributed by atoms with Crippen molar-refractivity contribution in [2.45, 2.75) is 25.6 Å². The molecule has 2 aliphatic rings. The van der Waals surface area contributed by atoms with E-state index in [0.717, 1.165) is 11.3 Å². The largest absolute Gasteiger partial charge is 0.330 e. The summed E-state index contributed by atoms with van der Waals surface area (Å²) in [5.41, 5.74) is 2.02. The average molecular weight is 387 g/mol. The molecule has 0 spiro atoms. The fourth-order valence-corrected chi connectivity index (χ4v) is 5.86. The highest BCUT2D eigenvalue weighted by atomic mass is 32.2. The maximum atomic E-state index is 12.9. The average Bonchev–Trinajstić information content (AvgIpc) is 2.98. The van der Waals surface area contributed by atoms with E-state index in [2.05, 4.69) is 19.9 Å². The minimum Gasteiger partial charge on any atom is -0.330 e. The van der Waals surface area contributed by atoms with Crippen LogP contribution in [0.4, 0.5) is 0 Å². The van der Waals surface area contributed by atoms with E-state index < -0.39 is 9.84 Å². The van der Waals surface area contributed by atoms with E-state index in [4.69, 9.17) is 0 Å². The van der Waals surface area contributed by atoms with Gasteiger partial charge in [0.25, 0.3) is 5.91 Å². The predicted molar refractivity (Wildman–Crippen MR) is 98.7 cm³/mol. The molecule has 8 nitrogen and oxygen atoms in total. The second-order valence-corrected chi connectivity index (χ2v) is 9.24. The number of rotatable bonds is 3. The summed E-state index contributed by atoms with van der Waals surface area (Å²) in [5, 5.41) is 0. The molecule has 2 saturated heterocycles. The summed E-state index contributed by atoms with van der Waals surface area (Å²) in [4.78, 5) is 29.2. The molecule has 2 aromatic rings. The Labute approximate surface area is 158 Å². The highest BCUT2D eigenvalue weighted by Gasteiger charge is 2.48. The number of nitrogens with zero attached hydrogens (tertiary/aromatic N) is 5. The zero-order valence-electron chi connectivity index (χ0n) is 15.0. The molecule has 0 N–H and O–H groups in total. The summed E-state index contributed by atoms with van der Waals surface area (Å²) in [6.45, 7) is 3.50. The van der Waals surface area contributed by atoms with Crippen molar-refractivity contribution in [3.8, 4) is 0 Å². The zero-order valence-corrected chi connectivity index (χ0v) is 15.8. The first-order valence-corrected chi connectivity index (χ1v) is 10.7. The van der Waals surface area contributed by atoms with Gasteiger partial charge in [-0.2, -0.15) is 0 Å². The lowest BCUT2D eigenvalue weighted by molar-refractivity contribution is 0.0301. The first-order chi connectivity index (χ1) is 12.9. The second kappa shape index (κ2) is 6.97. The van der Waals surface area contributed by atoms with Gasteiger partial charge in [-0.25, -0.2) is 13.4 Å². The van der Waals surface area contributed by atoms with Gasteiger partial charge in [0.2, 0.25) is 0 Å². The number of fused-ring (bicyclic) bond motifs is 1. The fourth-order valence-electron chi connectivity index (χ4n) is 3.85. The minimum absolute atomic E-state index is 0.00770. The Balaban J connectivity index is 1.58. The normalized spacial score (nSPS) is 24.6. The summed E-state index contributed by atoms with van der Waals surface area (Å²) < 4.78 is 24.7. The first kappa shape index (κ1) is 18.0. The van der Waals surface area contributed by atoms with Gasteiger partial charge in [-0.3, -0.25) is 19.7 Å². The van der Waals surface area contributed by atoms with Gasteiger partial charge in [0.15, 0.2) is 9.84 Å². The summed E-state index contributed by atoms with van der Waals surface area (Å²) in [6.07, 6.45) is 6.51. The van der Waals surface area contributed by atoms with E-state index in [-0.39, 0.29) is 35.2 Å². The van der Waals surface area contributed by atoms with Crippen LogP contribution < -0.4 is 0 Å². The number of sulfone groups is 1. The van der Waals surface area contributed by atoms with Crippen LogP contribution in [0.3, 0.4) is 0 Å². The van der Waals surface area contributed by atoms with Crippen molar-refractivity contribution in [1.82, 2.24) is 24.8 Å². The molecule has 2 fully saturated rings. The van der Waals surface area contributed by atoms with E-state index in [9.17, 15) is 13.2 Å². The minimum atomic E-state index is -3.20. The molecule has 0 unspecified atom stereocenters. The number of piperazine rings is 1. The molecule has 142 valence electrons. The van der Waals surface area contributed by atoms with E-state index in [1.165, 1.54) is 6.20 Å². The lowest BCUT2D eigenvalue weighted by Crippen LogP contribution is -2.60. The lowest BCUT2D eigenvalue weighted by Gasteiger charge is -2.43. The lowest BCUT2D eigenvalue weighted by atomic mass is 10.0. The van der Waals surface area contributed by atoms with Gasteiger partial charge in [0.1, 0.15) is 5.69 Å². The number of hydrogen-bond acceptors (Lipinski definition) is 7. The van der Waals surface area contributed by atoms with Crippen LogP contribution in [0.5, 0.6) is 0 Å². The Morgan fingerprint density at radius 1 is 1.15 bits per heavy atom. The van der Waals surface area contributed by atoms with Gasteiger partial charge in [-0.15, -0.1) is 0 Å². The zero-order chi connectivity index (χ0) is 19.0. The van der Waals surface area contributed by atoms with Crippen LogP contribution in [0.25, 0.3) is 0 Å². The van der Waals surface area contributed by atoms with E-state index in [1.54, 1.807) is 30.4 Å². The summed E-state index contributed by atoms with van der Waals surface area (Å²) in [6, 6.07) is 3.26. The van der Waals surface area contributed by atoms with E-state index in [1.807, 2.05) is 12.1 Å². The Kier molecular flexibility index (Phi) is 4.65. The number of carbonyl (C=O) groups is 1. The van der Waals surface area contributed by atoms with Crippen LogP contribution in [0.1, 0.15) is 21.7 Å². The smallest absolute Gasteiger partial charge is 0.274 e. The van der Waals surface area contributed by atoms with Crippen LogP contribution in [0.2, 0.25) is 0 Å². The molecule has 2 aliphatic heterocycles. The number of carbonyl (C=O) groups excluding carboxylic acids is 1. The molecule has 0 radical (unpaired) electrons. The maximum Gasteiger partial charge on any atom is 0.274 e. The van der Waals surface area contributed by atoms with Crippen LogP contribution in [-0.2, 0) is 16.4 Å². The molecule has 0 aromatic carbocycles. The number of amides is 1. The topological polar surface area (TPSA) is 96.4 Å². The molecule has 27 heavy (non-hydrogen) atoms. The molecular weight excluding hydrogens is 366 g/mol. The number of aryl methyl sites for hydroxylation is 1. The molecule has 4 heterocycles. The quantitative estimate of drug-likeness (QED) is 0.747. The van der Waals surface area contributed by atoms with E-state index >= 15 is 0 Å². The molecule has 0 bridgehead atoms. The van der Waals surface area contributed by atoms with E-state index in [0.29, 0.717) is 19.6 Å². The first-order valence-electron chi connectivity index (χ1n) is 8.86. The fraction of sp³-hybridized carbons (Fsp3) is 0.444.